The Morgan fingerprint density at radius 3 is 2.54 bits per heavy atom. The molecule has 2 aliphatic heterocycles. The molecule has 1 aromatic carbocycles. The standard InChI is InChI=1S/C20H26N2O2/c1-2-5-17(6-3-1)15-20-19(21-10-13-23-14-11-21)8-9-22(20)16-18-7-4-12-24-18/h1-7,12,19-20H,8-11,13-16H2/t19-,20+/m0/s1. The number of nitrogens with zero attached hydrogens (tertiary/aromatic N) is 2. The molecule has 0 bridgehead atoms. The fourth-order valence-corrected chi connectivity index (χ4v) is 4.15. The zero-order valence-electron chi connectivity index (χ0n) is 14.1. The van der Waals surface area contributed by atoms with Crippen LogP contribution in [0.5, 0.6) is 0 Å². The van der Waals surface area contributed by atoms with Crippen LogP contribution in [0, 0.1) is 0 Å². The predicted molar refractivity (Wildman–Crippen MR) is 93.8 cm³/mol. The topological polar surface area (TPSA) is 28.9 Å². The van der Waals surface area contributed by atoms with Gasteiger partial charge < -0.3 is 9.15 Å². The molecular formula is C20H26N2O2. The summed E-state index contributed by atoms with van der Waals surface area (Å²) >= 11 is 0. The second kappa shape index (κ2) is 7.51. The van der Waals surface area contributed by atoms with Crippen molar-refractivity contribution in [1.82, 2.24) is 9.80 Å². The zero-order valence-corrected chi connectivity index (χ0v) is 14.1. The highest BCUT2D eigenvalue weighted by atomic mass is 16.5. The predicted octanol–water partition coefficient (Wildman–Crippen LogP) is 2.80. The number of likely N-dealkylation sites (tertiary alicyclic amines) is 1. The van der Waals surface area contributed by atoms with Crippen molar-refractivity contribution in [3.8, 4) is 0 Å². The van der Waals surface area contributed by atoms with Gasteiger partial charge in [-0.1, -0.05) is 30.3 Å². The summed E-state index contributed by atoms with van der Waals surface area (Å²) in [4.78, 5) is 5.24. The number of furan rings is 1. The van der Waals surface area contributed by atoms with Crippen LogP contribution in [0.15, 0.2) is 53.1 Å². The van der Waals surface area contributed by atoms with E-state index in [9.17, 15) is 0 Å². The van der Waals surface area contributed by atoms with E-state index in [0.29, 0.717) is 12.1 Å². The molecule has 4 heteroatoms. The van der Waals surface area contributed by atoms with Gasteiger partial charge in [-0.15, -0.1) is 0 Å². The average Bonchev–Trinajstić information content (AvgIpc) is 3.28. The maximum atomic E-state index is 5.60. The van der Waals surface area contributed by atoms with Crippen LogP contribution in [0.3, 0.4) is 0 Å². The molecule has 0 N–H and O–H groups in total. The lowest BCUT2D eigenvalue weighted by Crippen LogP contribution is -2.50. The lowest BCUT2D eigenvalue weighted by Gasteiger charge is -2.37. The number of ether oxygens (including phenoxy) is 1. The highest BCUT2D eigenvalue weighted by molar-refractivity contribution is 5.17. The molecule has 2 aliphatic rings. The zero-order chi connectivity index (χ0) is 16.2. The van der Waals surface area contributed by atoms with Gasteiger partial charge in [0.15, 0.2) is 0 Å². The first-order valence-electron chi connectivity index (χ1n) is 9.02. The molecular weight excluding hydrogens is 300 g/mol. The number of rotatable bonds is 5. The molecule has 2 saturated heterocycles. The Morgan fingerprint density at radius 2 is 1.79 bits per heavy atom. The summed E-state index contributed by atoms with van der Waals surface area (Å²) in [5, 5.41) is 0. The SMILES string of the molecule is c1ccc(C[C@@H]2[C@@H](N3CCOCC3)CCN2Cc2ccco2)cc1. The summed E-state index contributed by atoms with van der Waals surface area (Å²) in [6.45, 7) is 5.90. The molecule has 0 saturated carbocycles. The first-order chi connectivity index (χ1) is 11.9. The molecule has 128 valence electrons. The molecule has 0 unspecified atom stereocenters. The van der Waals surface area contributed by atoms with Crippen molar-refractivity contribution >= 4 is 0 Å². The Morgan fingerprint density at radius 1 is 0.958 bits per heavy atom. The number of hydrogen-bond acceptors (Lipinski definition) is 4. The summed E-state index contributed by atoms with van der Waals surface area (Å²) in [6.07, 6.45) is 4.11. The Hall–Kier alpha value is -1.62. The van der Waals surface area contributed by atoms with Crippen LogP contribution in [0.2, 0.25) is 0 Å². The molecule has 0 radical (unpaired) electrons. The van der Waals surface area contributed by atoms with Crippen LogP contribution in [-0.4, -0.2) is 54.7 Å². The molecule has 0 spiro atoms. The molecule has 2 fully saturated rings. The van der Waals surface area contributed by atoms with Gasteiger partial charge in [-0.05, 0) is 30.5 Å². The smallest absolute Gasteiger partial charge is 0.117 e. The Bertz CT molecular complexity index is 608. The summed E-state index contributed by atoms with van der Waals surface area (Å²) in [5.74, 6) is 1.07. The van der Waals surface area contributed by atoms with E-state index in [1.165, 1.54) is 12.0 Å². The molecule has 0 amide bonds. The molecule has 0 aliphatic carbocycles. The first-order valence-corrected chi connectivity index (χ1v) is 9.02. The van der Waals surface area contributed by atoms with E-state index >= 15 is 0 Å². The van der Waals surface area contributed by atoms with Gasteiger partial charge in [0.2, 0.25) is 0 Å². The first kappa shape index (κ1) is 15.9. The normalized spacial score (nSPS) is 26.0. The van der Waals surface area contributed by atoms with Gasteiger partial charge in [0.25, 0.3) is 0 Å². The third-order valence-corrected chi connectivity index (χ3v) is 5.37. The highest BCUT2D eigenvalue weighted by Gasteiger charge is 2.38. The van der Waals surface area contributed by atoms with Crippen LogP contribution in [0.1, 0.15) is 17.7 Å². The largest absolute Gasteiger partial charge is 0.468 e. The van der Waals surface area contributed by atoms with Crippen LogP contribution >= 0.6 is 0 Å². The lowest BCUT2D eigenvalue weighted by molar-refractivity contribution is 0.00756. The minimum atomic E-state index is 0.538. The van der Waals surface area contributed by atoms with Crippen molar-refractivity contribution in [2.24, 2.45) is 0 Å². The minimum Gasteiger partial charge on any atom is -0.468 e. The monoisotopic (exact) mass is 326 g/mol. The fraction of sp³-hybridized carbons (Fsp3) is 0.500. The summed E-state index contributed by atoms with van der Waals surface area (Å²) in [7, 11) is 0. The molecule has 4 nitrogen and oxygen atoms in total. The van der Waals surface area contributed by atoms with E-state index in [1.807, 2.05) is 6.07 Å². The van der Waals surface area contributed by atoms with E-state index in [1.54, 1.807) is 6.26 Å². The van der Waals surface area contributed by atoms with E-state index in [0.717, 1.165) is 51.6 Å². The summed E-state index contributed by atoms with van der Waals surface area (Å²) < 4.78 is 11.2. The number of benzene rings is 1. The Labute approximate surface area is 144 Å². The van der Waals surface area contributed by atoms with Gasteiger partial charge in [-0.25, -0.2) is 0 Å². The summed E-state index contributed by atoms with van der Waals surface area (Å²) in [5.41, 5.74) is 1.42. The molecule has 4 rings (SSSR count). The van der Waals surface area contributed by atoms with Gasteiger partial charge >= 0.3 is 0 Å². The van der Waals surface area contributed by atoms with Crippen LogP contribution < -0.4 is 0 Å². The number of morpholine rings is 1. The third-order valence-electron chi connectivity index (χ3n) is 5.37. The molecule has 2 aromatic rings. The van der Waals surface area contributed by atoms with Crippen molar-refractivity contribution in [2.45, 2.75) is 31.5 Å². The summed E-state index contributed by atoms with van der Waals surface area (Å²) in [6, 6.07) is 16.1. The Balaban J connectivity index is 1.52. The van der Waals surface area contributed by atoms with Crippen molar-refractivity contribution in [3.63, 3.8) is 0 Å². The van der Waals surface area contributed by atoms with Gasteiger partial charge in [-0.2, -0.15) is 0 Å². The second-order valence-corrected chi connectivity index (χ2v) is 6.81. The average molecular weight is 326 g/mol. The minimum absolute atomic E-state index is 0.538. The maximum absolute atomic E-state index is 5.60. The van der Waals surface area contributed by atoms with E-state index in [4.69, 9.17) is 9.15 Å². The molecule has 3 heterocycles. The van der Waals surface area contributed by atoms with Crippen molar-refractivity contribution < 1.29 is 9.15 Å². The molecule has 2 atom stereocenters. The van der Waals surface area contributed by atoms with Gasteiger partial charge in [0.05, 0.1) is 26.0 Å². The van der Waals surface area contributed by atoms with Gasteiger partial charge in [0, 0.05) is 31.7 Å². The van der Waals surface area contributed by atoms with Crippen molar-refractivity contribution in [2.75, 3.05) is 32.8 Å². The number of hydrogen-bond donors (Lipinski definition) is 0. The lowest BCUT2D eigenvalue weighted by atomic mass is 9.98. The molecule has 1 aromatic heterocycles. The quantitative estimate of drug-likeness (QED) is 0.845. The van der Waals surface area contributed by atoms with Crippen molar-refractivity contribution in [3.05, 3.63) is 60.1 Å². The van der Waals surface area contributed by atoms with E-state index in [-0.39, 0.29) is 0 Å². The van der Waals surface area contributed by atoms with Crippen LogP contribution in [0.4, 0.5) is 0 Å². The fourth-order valence-electron chi connectivity index (χ4n) is 4.15. The Kier molecular flexibility index (Phi) is 4.97. The van der Waals surface area contributed by atoms with Crippen molar-refractivity contribution in [1.29, 1.82) is 0 Å². The van der Waals surface area contributed by atoms with E-state index < -0.39 is 0 Å². The third kappa shape index (κ3) is 3.56. The second-order valence-electron chi connectivity index (χ2n) is 6.81. The van der Waals surface area contributed by atoms with E-state index in [2.05, 4.69) is 46.2 Å². The highest BCUT2D eigenvalue weighted by Crippen LogP contribution is 2.28. The van der Waals surface area contributed by atoms with Crippen LogP contribution in [-0.2, 0) is 17.7 Å². The van der Waals surface area contributed by atoms with Gasteiger partial charge in [-0.3, -0.25) is 9.80 Å². The molecule has 24 heavy (non-hydrogen) atoms. The van der Waals surface area contributed by atoms with Gasteiger partial charge in [0.1, 0.15) is 5.76 Å². The maximum Gasteiger partial charge on any atom is 0.117 e. The van der Waals surface area contributed by atoms with Crippen LogP contribution in [0.25, 0.3) is 0 Å².